The largest absolute Gasteiger partial charge is 0.308 e. The fourth-order valence-corrected chi connectivity index (χ4v) is 1.48. The van der Waals surface area contributed by atoms with Gasteiger partial charge in [0.15, 0.2) is 0 Å². The number of hydrogen-bond acceptors (Lipinski definition) is 2. The van der Waals surface area contributed by atoms with Crippen LogP contribution in [0.1, 0.15) is 18.9 Å². The Morgan fingerprint density at radius 3 is 2.93 bits per heavy atom. The predicted octanol–water partition coefficient (Wildman–Crippen LogP) is 2.07. The fourth-order valence-electron chi connectivity index (χ4n) is 1.08. The lowest BCUT2D eigenvalue weighted by Gasteiger charge is -2.05. The molecule has 0 saturated carbocycles. The van der Waals surface area contributed by atoms with E-state index in [1.165, 1.54) is 0 Å². The average Bonchev–Trinajstić information content (AvgIpc) is 2.19. The van der Waals surface area contributed by atoms with Gasteiger partial charge < -0.3 is 5.43 Å². The summed E-state index contributed by atoms with van der Waals surface area (Å²) >= 11 is 3.40. The number of halogens is 1. The van der Waals surface area contributed by atoms with Crippen LogP contribution >= 0.6 is 15.9 Å². The number of rotatable bonds is 3. The Balaban J connectivity index is 2.89. The molecule has 0 aliphatic carbocycles. The van der Waals surface area contributed by atoms with Gasteiger partial charge in [-0.15, -0.1) is 0 Å². The molecule has 0 radical (unpaired) electrons. The van der Waals surface area contributed by atoms with Crippen LogP contribution in [0.4, 0.5) is 0 Å². The van der Waals surface area contributed by atoms with Gasteiger partial charge in [0.25, 0.3) is 0 Å². The third-order valence-electron chi connectivity index (χ3n) is 1.73. The summed E-state index contributed by atoms with van der Waals surface area (Å²) in [5, 5.41) is 0. The van der Waals surface area contributed by atoms with Gasteiger partial charge in [-0.3, -0.25) is 4.99 Å². The SMILES string of the molecule is CCCN=C(NN)c1cccc(Br)c1. The first-order valence-electron chi connectivity index (χ1n) is 4.55. The molecule has 0 spiro atoms. The van der Waals surface area contributed by atoms with E-state index in [0.29, 0.717) is 0 Å². The van der Waals surface area contributed by atoms with Gasteiger partial charge in [0.1, 0.15) is 5.84 Å². The first kappa shape index (κ1) is 11.2. The molecule has 1 aromatic carbocycles. The lowest BCUT2D eigenvalue weighted by atomic mass is 10.2. The van der Waals surface area contributed by atoms with Crippen molar-refractivity contribution in [2.45, 2.75) is 13.3 Å². The van der Waals surface area contributed by atoms with Crippen molar-refractivity contribution in [2.24, 2.45) is 10.8 Å². The summed E-state index contributed by atoms with van der Waals surface area (Å²) in [4.78, 5) is 4.33. The molecule has 0 bridgehead atoms. The van der Waals surface area contributed by atoms with Crippen molar-refractivity contribution in [2.75, 3.05) is 6.54 Å². The summed E-state index contributed by atoms with van der Waals surface area (Å²) in [5.74, 6) is 6.13. The van der Waals surface area contributed by atoms with E-state index in [-0.39, 0.29) is 0 Å². The van der Waals surface area contributed by atoms with Crippen molar-refractivity contribution in [3.8, 4) is 0 Å². The molecule has 14 heavy (non-hydrogen) atoms. The molecule has 76 valence electrons. The van der Waals surface area contributed by atoms with Crippen molar-refractivity contribution in [1.29, 1.82) is 0 Å². The molecule has 0 heterocycles. The molecule has 0 aromatic heterocycles. The summed E-state index contributed by atoms with van der Waals surface area (Å²) in [6.07, 6.45) is 1.01. The molecule has 4 heteroatoms. The Kier molecular flexibility index (Phi) is 4.62. The van der Waals surface area contributed by atoms with Crippen LogP contribution in [0.15, 0.2) is 33.7 Å². The summed E-state index contributed by atoms with van der Waals surface area (Å²) in [5.41, 5.74) is 3.61. The minimum atomic E-state index is 0.730. The van der Waals surface area contributed by atoms with Crippen LogP contribution < -0.4 is 11.3 Å². The summed E-state index contributed by atoms with van der Waals surface area (Å²) in [6.45, 7) is 2.87. The van der Waals surface area contributed by atoms with E-state index >= 15 is 0 Å². The van der Waals surface area contributed by atoms with Crippen LogP contribution in [-0.4, -0.2) is 12.4 Å². The molecule has 0 amide bonds. The zero-order valence-corrected chi connectivity index (χ0v) is 9.71. The number of benzene rings is 1. The van der Waals surface area contributed by atoms with Crippen LogP contribution in [0.5, 0.6) is 0 Å². The molecule has 3 N–H and O–H groups in total. The molecule has 1 rings (SSSR count). The van der Waals surface area contributed by atoms with Gasteiger partial charge in [-0.05, 0) is 18.6 Å². The Morgan fingerprint density at radius 2 is 2.36 bits per heavy atom. The molecule has 1 aromatic rings. The zero-order valence-electron chi connectivity index (χ0n) is 8.13. The van der Waals surface area contributed by atoms with Gasteiger partial charge in [-0.25, -0.2) is 5.84 Å². The van der Waals surface area contributed by atoms with Crippen molar-refractivity contribution in [1.82, 2.24) is 5.43 Å². The molecular weight excluding hydrogens is 242 g/mol. The smallest absolute Gasteiger partial charge is 0.142 e. The third kappa shape index (κ3) is 3.12. The van der Waals surface area contributed by atoms with E-state index in [4.69, 9.17) is 5.84 Å². The monoisotopic (exact) mass is 255 g/mol. The standard InChI is InChI=1S/C10H14BrN3/c1-2-6-13-10(14-12)8-4-3-5-9(11)7-8/h3-5,7H,2,6,12H2,1H3,(H,13,14). The van der Waals surface area contributed by atoms with Crippen molar-refractivity contribution < 1.29 is 0 Å². The number of nitrogens with one attached hydrogen (secondary N) is 1. The molecule has 0 fully saturated rings. The fraction of sp³-hybridized carbons (Fsp3) is 0.300. The van der Waals surface area contributed by atoms with Crippen molar-refractivity contribution >= 4 is 21.8 Å². The molecule has 0 aliphatic rings. The molecular formula is C10H14BrN3. The number of aliphatic imine (C=N–C) groups is 1. The summed E-state index contributed by atoms with van der Waals surface area (Å²) in [6, 6.07) is 7.88. The number of nitrogens with zero attached hydrogens (tertiary/aromatic N) is 1. The summed E-state index contributed by atoms with van der Waals surface area (Å²) in [7, 11) is 0. The zero-order chi connectivity index (χ0) is 10.4. The van der Waals surface area contributed by atoms with Crippen LogP contribution in [0.3, 0.4) is 0 Å². The topological polar surface area (TPSA) is 50.4 Å². The molecule has 0 saturated heterocycles. The lowest BCUT2D eigenvalue weighted by molar-refractivity contribution is 0.907. The quantitative estimate of drug-likeness (QED) is 0.376. The predicted molar refractivity (Wildman–Crippen MR) is 63.2 cm³/mol. The van der Waals surface area contributed by atoms with E-state index in [9.17, 15) is 0 Å². The molecule has 0 unspecified atom stereocenters. The van der Waals surface area contributed by atoms with E-state index in [0.717, 1.165) is 28.8 Å². The number of nitrogens with two attached hydrogens (primary N) is 1. The molecule has 0 aliphatic heterocycles. The number of hydrazine groups is 1. The van der Waals surface area contributed by atoms with Gasteiger partial charge in [-0.2, -0.15) is 0 Å². The van der Waals surface area contributed by atoms with Gasteiger partial charge in [0.05, 0.1) is 0 Å². The Labute approximate surface area is 92.5 Å². The van der Waals surface area contributed by atoms with E-state index in [2.05, 4.69) is 33.3 Å². The molecule has 3 nitrogen and oxygen atoms in total. The molecule has 0 atom stereocenters. The van der Waals surface area contributed by atoms with Gasteiger partial charge in [0.2, 0.25) is 0 Å². The highest BCUT2D eigenvalue weighted by molar-refractivity contribution is 9.10. The van der Waals surface area contributed by atoms with Crippen molar-refractivity contribution in [3.63, 3.8) is 0 Å². The van der Waals surface area contributed by atoms with E-state index in [1.54, 1.807) is 0 Å². The van der Waals surface area contributed by atoms with E-state index in [1.807, 2.05) is 24.3 Å². The average molecular weight is 256 g/mol. The summed E-state index contributed by atoms with van der Waals surface area (Å²) < 4.78 is 1.02. The van der Waals surface area contributed by atoms with Gasteiger partial charge >= 0.3 is 0 Å². The highest BCUT2D eigenvalue weighted by Gasteiger charge is 2.00. The van der Waals surface area contributed by atoms with Crippen LogP contribution in [-0.2, 0) is 0 Å². The Bertz CT molecular complexity index is 323. The Morgan fingerprint density at radius 1 is 1.57 bits per heavy atom. The lowest BCUT2D eigenvalue weighted by Crippen LogP contribution is -2.31. The maximum atomic E-state index is 5.40. The first-order chi connectivity index (χ1) is 6.77. The third-order valence-corrected chi connectivity index (χ3v) is 2.22. The maximum Gasteiger partial charge on any atom is 0.142 e. The van der Waals surface area contributed by atoms with Crippen LogP contribution in [0, 0.1) is 0 Å². The minimum Gasteiger partial charge on any atom is -0.308 e. The highest BCUT2D eigenvalue weighted by Crippen LogP contribution is 2.11. The van der Waals surface area contributed by atoms with E-state index < -0.39 is 0 Å². The minimum absolute atomic E-state index is 0.730. The second-order valence-electron chi connectivity index (χ2n) is 2.89. The van der Waals surface area contributed by atoms with Crippen LogP contribution in [0.2, 0.25) is 0 Å². The Hall–Kier alpha value is -0.870. The van der Waals surface area contributed by atoms with Crippen molar-refractivity contribution in [3.05, 3.63) is 34.3 Å². The normalized spacial score (nSPS) is 11.5. The second kappa shape index (κ2) is 5.78. The highest BCUT2D eigenvalue weighted by atomic mass is 79.9. The number of hydrogen-bond donors (Lipinski definition) is 2. The number of amidine groups is 1. The van der Waals surface area contributed by atoms with Gasteiger partial charge in [-0.1, -0.05) is 35.0 Å². The van der Waals surface area contributed by atoms with Crippen LogP contribution in [0.25, 0.3) is 0 Å². The maximum absolute atomic E-state index is 5.40. The second-order valence-corrected chi connectivity index (χ2v) is 3.80. The first-order valence-corrected chi connectivity index (χ1v) is 5.34. The van der Waals surface area contributed by atoms with Gasteiger partial charge in [0, 0.05) is 16.6 Å².